The lowest BCUT2D eigenvalue weighted by Gasteiger charge is -2.22. The van der Waals surface area contributed by atoms with E-state index in [1.807, 2.05) is 37.1 Å². The summed E-state index contributed by atoms with van der Waals surface area (Å²) in [5, 5.41) is 8.52. The normalized spacial score (nSPS) is 11.9. The Morgan fingerprint density at radius 3 is 2.42 bits per heavy atom. The number of fused-ring (bicyclic) bond motifs is 3. The third-order valence-corrected chi connectivity index (χ3v) is 6.07. The van der Waals surface area contributed by atoms with Crippen molar-refractivity contribution in [2.24, 2.45) is 0 Å². The summed E-state index contributed by atoms with van der Waals surface area (Å²) in [5.74, 6) is 0.621. The Kier molecular flexibility index (Phi) is 4.89. The van der Waals surface area contributed by atoms with Gasteiger partial charge in [-0.1, -0.05) is 57.2 Å². The molecule has 0 aliphatic heterocycles. The number of rotatable bonds is 3. The summed E-state index contributed by atoms with van der Waals surface area (Å²) in [6, 6.07) is 20.3. The number of halogens is 1. The first-order chi connectivity index (χ1) is 15.7. The van der Waals surface area contributed by atoms with Gasteiger partial charge in [0.25, 0.3) is 5.78 Å². The maximum atomic E-state index is 15.2. The van der Waals surface area contributed by atoms with Crippen molar-refractivity contribution in [3.8, 4) is 11.1 Å². The second-order valence-electron chi connectivity index (χ2n) is 9.51. The van der Waals surface area contributed by atoms with E-state index in [0.717, 1.165) is 22.4 Å². The number of benzene rings is 3. The Labute approximate surface area is 192 Å². The fraction of sp³-hybridized carbons (Fsp3) is 0.222. The van der Waals surface area contributed by atoms with Crippen LogP contribution in [0.1, 0.15) is 31.9 Å². The Morgan fingerprint density at radius 2 is 1.70 bits per heavy atom. The van der Waals surface area contributed by atoms with Crippen molar-refractivity contribution in [1.82, 2.24) is 19.6 Å². The highest BCUT2D eigenvalue weighted by atomic mass is 19.1. The molecule has 0 aliphatic rings. The van der Waals surface area contributed by atoms with Crippen LogP contribution in [-0.2, 0) is 5.41 Å². The number of hydrogen-bond donors (Lipinski definition) is 0. The summed E-state index contributed by atoms with van der Waals surface area (Å²) in [6.45, 7) is 8.50. The van der Waals surface area contributed by atoms with Gasteiger partial charge in [0.2, 0.25) is 0 Å². The number of aromatic nitrogens is 4. The molecule has 0 N–H and O–H groups in total. The van der Waals surface area contributed by atoms with Gasteiger partial charge in [-0.05, 0) is 58.9 Å². The molecule has 0 saturated heterocycles. The van der Waals surface area contributed by atoms with E-state index in [1.54, 1.807) is 10.7 Å². The first kappa shape index (κ1) is 21.1. The van der Waals surface area contributed by atoms with Crippen LogP contribution >= 0.6 is 0 Å². The molecule has 0 spiro atoms. The number of hydrogen-bond acceptors (Lipinski definition) is 4. The second kappa shape index (κ2) is 7.66. The highest BCUT2D eigenvalue weighted by Crippen LogP contribution is 2.34. The SMILES string of the molecule is Cc1cc(F)c2c(N(C)c3cccc(-c4ccc(C(C)(C)C)cc4)c3)nc3nncn3c2c1. The minimum absolute atomic E-state index is 0.107. The van der Waals surface area contributed by atoms with Gasteiger partial charge in [-0.2, -0.15) is 4.98 Å². The van der Waals surface area contributed by atoms with Crippen LogP contribution in [0.3, 0.4) is 0 Å². The van der Waals surface area contributed by atoms with Crippen LogP contribution in [0, 0.1) is 12.7 Å². The first-order valence-corrected chi connectivity index (χ1v) is 11.0. The van der Waals surface area contributed by atoms with Crippen molar-refractivity contribution in [1.29, 1.82) is 0 Å². The van der Waals surface area contributed by atoms with Gasteiger partial charge in [-0.15, -0.1) is 10.2 Å². The minimum Gasteiger partial charge on any atom is -0.329 e. The molecule has 3 aromatic carbocycles. The Morgan fingerprint density at radius 1 is 0.939 bits per heavy atom. The summed E-state index contributed by atoms with van der Waals surface area (Å²) >= 11 is 0. The molecular formula is C27H26FN5. The van der Waals surface area contributed by atoms with Crippen LogP contribution in [-0.4, -0.2) is 26.6 Å². The van der Waals surface area contributed by atoms with Crippen molar-refractivity contribution in [2.45, 2.75) is 33.1 Å². The second-order valence-corrected chi connectivity index (χ2v) is 9.51. The lowest BCUT2D eigenvalue weighted by molar-refractivity contribution is 0.590. The van der Waals surface area contributed by atoms with E-state index in [1.165, 1.54) is 11.6 Å². The topological polar surface area (TPSA) is 46.3 Å². The van der Waals surface area contributed by atoms with Crippen LogP contribution in [0.25, 0.3) is 27.8 Å². The average molecular weight is 440 g/mol. The van der Waals surface area contributed by atoms with Gasteiger partial charge >= 0.3 is 0 Å². The van der Waals surface area contributed by atoms with Gasteiger partial charge in [-0.3, -0.25) is 4.40 Å². The molecule has 0 bridgehead atoms. The van der Waals surface area contributed by atoms with E-state index >= 15 is 4.39 Å². The van der Waals surface area contributed by atoms with Crippen LogP contribution in [0.5, 0.6) is 0 Å². The van der Waals surface area contributed by atoms with E-state index in [9.17, 15) is 0 Å². The van der Waals surface area contributed by atoms with Gasteiger partial charge in [0, 0.05) is 12.7 Å². The van der Waals surface area contributed by atoms with Gasteiger partial charge in [0.15, 0.2) is 0 Å². The summed E-state index contributed by atoms with van der Waals surface area (Å²) in [6.07, 6.45) is 1.56. The molecule has 0 aliphatic carbocycles. The van der Waals surface area contributed by atoms with Crippen molar-refractivity contribution < 1.29 is 4.39 Å². The van der Waals surface area contributed by atoms with Crippen molar-refractivity contribution in [3.63, 3.8) is 0 Å². The van der Waals surface area contributed by atoms with Crippen LogP contribution < -0.4 is 4.90 Å². The monoisotopic (exact) mass is 439 g/mol. The highest BCUT2D eigenvalue weighted by Gasteiger charge is 2.19. The molecule has 0 atom stereocenters. The molecule has 5 rings (SSSR count). The van der Waals surface area contributed by atoms with E-state index in [-0.39, 0.29) is 11.2 Å². The zero-order chi connectivity index (χ0) is 23.3. The molecule has 5 nitrogen and oxygen atoms in total. The smallest absolute Gasteiger partial charge is 0.257 e. The molecule has 2 heterocycles. The minimum atomic E-state index is -0.316. The molecule has 5 aromatic rings. The number of aryl methyl sites for hydroxylation is 1. The quantitative estimate of drug-likeness (QED) is 0.324. The van der Waals surface area contributed by atoms with E-state index in [2.05, 4.69) is 72.4 Å². The van der Waals surface area contributed by atoms with Crippen LogP contribution in [0.4, 0.5) is 15.9 Å². The van der Waals surface area contributed by atoms with Crippen LogP contribution in [0.2, 0.25) is 0 Å². The molecular weight excluding hydrogens is 413 g/mol. The summed E-state index contributed by atoms with van der Waals surface area (Å²) in [5.41, 5.74) is 6.05. The van der Waals surface area contributed by atoms with Crippen molar-refractivity contribution in [3.05, 3.63) is 83.9 Å². The molecule has 0 unspecified atom stereocenters. The van der Waals surface area contributed by atoms with E-state index < -0.39 is 0 Å². The number of nitrogens with zero attached hydrogens (tertiary/aromatic N) is 5. The third-order valence-electron chi connectivity index (χ3n) is 6.07. The fourth-order valence-electron chi connectivity index (χ4n) is 4.18. The summed E-state index contributed by atoms with van der Waals surface area (Å²) < 4.78 is 16.9. The lowest BCUT2D eigenvalue weighted by atomic mass is 9.86. The van der Waals surface area contributed by atoms with E-state index in [4.69, 9.17) is 0 Å². The van der Waals surface area contributed by atoms with Gasteiger partial charge in [-0.25, -0.2) is 4.39 Å². The number of anilines is 2. The fourth-order valence-corrected chi connectivity index (χ4v) is 4.18. The van der Waals surface area contributed by atoms with Gasteiger partial charge in [0.05, 0.1) is 10.9 Å². The zero-order valence-electron chi connectivity index (χ0n) is 19.5. The molecule has 0 saturated carbocycles. The van der Waals surface area contributed by atoms with Crippen LogP contribution in [0.15, 0.2) is 67.0 Å². The first-order valence-electron chi connectivity index (χ1n) is 11.0. The molecule has 0 fully saturated rings. The third kappa shape index (κ3) is 3.71. The van der Waals surface area contributed by atoms with Gasteiger partial charge < -0.3 is 4.90 Å². The standard InChI is InChI=1S/C27H26FN5/c1-17-13-22(28)24-23(14-17)33-16-29-31-26(33)30-25(24)32(5)21-8-6-7-19(15-21)18-9-11-20(12-10-18)27(2,3)4/h6-16H,1-5H3. The molecule has 2 aromatic heterocycles. The zero-order valence-corrected chi connectivity index (χ0v) is 19.5. The van der Waals surface area contributed by atoms with Gasteiger partial charge in [0.1, 0.15) is 18.0 Å². The maximum Gasteiger partial charge on any atom is 0.257 e. The van der Waals surface area contributed by atoms with E-state index in [0.29, 0.717) is 22.5 Å². The van der Waals surface area contributed by atoms with Crippen molar-refractivity contribution >= 4 is 28.2 Å². The Balaban J connectivity index is 1.61. The largest absolute Gasteiger partial charge is 0.329 e. The molecule has 0 amide bonds. The molecule has 33 heavy (non-hydrogen) atoms. The Bertz CT molecular complexity index is 1480. The predicted octanol–water partition coefficient (Wildman–Crippen LogP) is 6.46. The molecule has 0 radical (unpaired) electrons. The summed E-state index contributed by atoms with van der Waals surface area (Å²) in [7, 11) is 1.90. The predicted molar refractivity (Wildman–Crippen MR) is 132 cm³/mol. The van der Waals surface area contributed by atoms with Crippen molar-refractivity contribution in [2.75, 3.05) is 11.9 Å². The summed E-state index contributed by atoms with van der Waals surface area (Å²) in [4.78, 5) is 6.55. The average Bonchev–Trinajstić information content (AvgIpc) is 3.26. The molecule has 166 valence electrons. The lowest BCUT2D eigenvalue weighted by Crippen LogP contribution is -2.14. The highest BCUT2D eigenvalue weighted by molar-refractivity contribution is 5.94. The Hall–Kier alpha value is -3.80. The maximum absolute atomic E-state index is 15.2. The molecule has 6 heteroatoms.